The fraction of sp³-hybridized carbons (Fsp3) is 0.571. The molecule has 0 spiro atoms. The molecule has 1 N–H and O–H groups in total. The zero-order valence-electron chi connectivity index (χ0n) is 11.3. The van der Waals surface area contributed by atoms with Crippen LogP contribution in [-0.2, 0) is 11.3 Å². The largest absolute Gasteiger partial charge is 0.507 e. The van der Waals surface area contributed by atoms with Gasteiger partial charge in [-0.1, -0.05) is 12.1 Å². The number of rotatable bonds is 6. The maximum Gasteiger partial charge on any atom is 0.121 e. The smallest absolute Gasteiger partial charge is 0.121 e. The number of aromatic hydroxyl groups is 1. The number of benzene rings is 1. The summed E-state index contributed by atoms with van der Waals surface area (Å²) in [6.45, 7) is 9.22. The zero-order chi connectivity index (χ0) is 12.8. The maximum atomic E-state index is 9.70. The van der Waals surface area contributed by atoms with Crippen molar-refractivity contribution in [2.24, 2.45) is 0 Å². The van der Waals surface area contributed by atoms with Crippen LogP contribution in [0.25, 0.3) is 0 Å². The van der Waals surface area contributed by atoms with Gasteiger partial charge in [-0.05, 0) is 44.5 Å². The third-order valence-electron chi connectivity index (χ3n) is 2.82. The molecular formula is C14H23NO2. The third kappa shape index (κ3) is 4.36. The summed E-state index contributed by atoms with van der Waals surface area (Å²) in [5, 5.41) is 9.70. The Hall–Kier alpha value is -1.06. The molecule has 1 rings (SSSR count). The topological polar surface area (TPSA) is 32.7 Å². The van der Waals surface area contributed by atoms with E-state index in [1.165, 1.54) is 5.56 Å². The Morgan fingerprint density at radius 1 is 1.24 bits per heavy atom. The number of phenolic OH excluding ortho intramolecular Hbond substituents is 1. The van der Waals surface area contributed by atoms with Crippen LogP contribution >= 0.6 is 0 Å². The Labute approximate surface area is 104 Å². The van der Waals surface area contributed by atoms with E-state index < -0.39 is 0 Å². The Bertz CT molecular complexity index is 340. The van der Waals surface area contributed by atoms with Gasteiger partial charge in [-0.25, -0.2) is 0 Å². The van der Waals surface area contributed by atoms with Crippen LogP contribution in [0.3, 0.4) is 0 Å². The second kappa shape index (κ2) is 6.62. The minimum atomic E-state index is 0.408. The van der Waals surface area contributed by atoms with Gasteiger partial charge in [0.05, 0.1) is 6.61 Å². The molecular weight excluding hydrogens is 214 g/mol. The average Bonchev–Trinajstić information content (AvgIpc) is 2.26. The Morgan fingerprint density at radius 2 is 1.82 bits per heavy atom. The second-order valence-electron chi connectivity index (χ2n) is 4.51. The van der Waals surface area contributed by atoms with Crippen LogP contribution in [0, 0.1) is 13.8 Å². The van der Waals surface area contributed by atoms with Crippen molar-refractivity contribution in [3.8, 4) is 5.75 Å². The van der Waals surface area contributed by atoms with Crippen LogP contribution in [0.5, 0.6) is 5.75 Å². The highest BCUT2D eigenvalue weighted by atomic mass is 16.5. The molecule has 0 aliphatic carbocycles. The van der Waals surface area contributed by atoms with Crippen molar-refractivity contribution in [2.45, 2.75) is 27.3 Å². The number of phenols is 1. The van der Waals surface area contributed by atoms with Crippen LogP contribution in [0.2, 0.25) is 0 Å². The van der Waals surface area contributed by atoms with E-state index in [2.05, 4.69) is 11.9 Å². The maximum absolute atomic E-state index is 9.70. The van der Waals surface area contributed by atoms with Gasteiger partial charge in [-0.2, -0.15) is 0 Å². The van der Waals surface area contributed by atoms with Gasteiger partial charge < -0.3 is 9.84 Å². The molecule has 0 saturated heterocycles. The van der Waals surface area contributed by atoms with Crippen molar-refractivity contribution in [3.05, 3.63) is 28.8 Å². The molecule has 96 valence electrons. The first-order chi connectivity index (χ1) is 8.04. The lowest BCUT2D eigenvalue weighted by Gasteiger charge is -2.17. The molecule has 0 radical (unpaired) electrons. The van der Waals surface area contributed by atoms with Gasteiger partial charge in [0.25, 0.3) is 0 Å². The monoisotopic (exact) mass is 237 g/mol. The minimum absolute atomic E-state index is 0.408. The molecule has 0 fully saturated rings. The third-order valence-corrected chi connectivity index (χ3v) is 2.82. The summed E-state index contributed by atoms with van der Waals surface area (Å²) in [6, 6.07) is 4.08. The van der Waals surface area contributed by atoms with Crippen LogP contribution in [0.4, 0.5) is 0 Å². The number of hydrogen-bond donors (Lipinski definition) is 1. The Kier molecular flexibility index (Phi) is 5.45. The number of nitrogens with zero attached hydrogens (tertiary/aromatic N) is 1. The first-order valence-corrected chi connectivity index (χ1v) is 6.10. The van der Waals surface area contributed by atoms with Gasteiger partial charge >= 0.3 is 0 Å². The van der Waals surface area contributed by atoms with Crippen LogP contribution < -0.4 is 0 Å². The van der Waals surface area contributed by atoms with Gasteiger partial charge in [-0.3, -0.25) is 4.90 Å². The number of likely N-dealkylation sites (N-methyl/N-ethyl adjacent to an activating group) is 1. The van der Waals surface area contributed by atoms with E-state index in [9.17, 15) is 5.11 Å². The molecule has 1 aromatic carbocycles. The average molecular weight is 237 g/mol. The van der Waals surface area contributed by atoms with Gasteiger partial charge in [-0.15, -0.1) is 0 Å². The molecule has 0 atom stereocenters. The fourth-order valence-corrected chi connectivity index (χ4v) is 1.89. The normalized spacial score (nSPS) is 11.1. The van der Waals surface area contributed by atoms with E-state index in [0.717, 1.165) is 37.4 Å². The highest BCUT2D eigenvalue weighted by Crippen LogP contribution is 2.23. The van der Waals surface area contributed by atoms with E-state index in [-0.39, 0.29) is 0 Å². The SMILES string of the molecule is CCOCCN(C)Cc1cc(C)c(O)c(C)c1. The number of ether oxygens (including phenoxy) is 1. The molecule has 0 aliphatic heterocycles. The van der Waals surface area contributed by atoms with Crippen molar-refractivity contribution in [1.82, 2.24) is 4.90 Å². The van der Waals surface area contributed by atoms with Crippen molar-refractivity contribution < 1.29 is 9.84 Å². The molecule has 0 aliphatic rings. The highest BCUT2D eigenvalue weighted by Gasteiger charge is 2.05. The summed E-state index contributed by atoms with van der Waals surface area (Å²) in [4.78, 5) is 2.22. The summed E-state index contributed by atoms with van der Waals surface area (Å²) < 4.78 is 5.33. The summed E-state index contributed by atoms with van der Waals surface area (Å²) >= 11 is 0. The van der Waals surface area contributed by atoms with Gasteiger partial charge in [0.15, 0.2) is 0 Å². The number of hydrogen-bond acceptors (Lipinski definition) is 3. The number of aryl methyl sites for hydroxylation is 2. The molecule has 3 nitrogen and oxygen atoms in total. The molecule has 0 aromatic heterocycles. The Balaban J connectivity index is 2.56. The summed E-state index contributed by atoms with van der Waals surface area (Å²) in [5.74, 6) is 0.408. The van der Waals surface area contributed by atoms with E-state index in [1.807, 2.05) is 32.9 Å². The van der Waals surface area contributed by atoms with Gasteiger partial charge in [0.1, 0.15) is 5.75 Å². The van der Waals surface area contributed by atoms with Gasteiger partial charge in [0.2, 0.25) is 0 Å². The van der Waals surface area contributed by atoms with Crippen LogP contribution in [0.1, 0.15) is 23.6 Å². The molecule has 0 unspecified atom stereocenters. The van der Waals surface area contributed by atoms with E-state index in [4.69, 9.17) is 4.74 Å². The second-order valence-corrected chi connectivity index (χ2v) is 4.51. The zero-order valence-corrected chi connectivity index (χ0v) is 11.3. The van der Waals surface area contributed by atoms with Crippen LogP contribution in [-0.4, -0.2) is 36.8 Å². The summed E-state index contributed by atoms with van der Waals surface area (Å²) in [5.41, 5.74) is 3.12. The lowest BCUT2D eigenvalue weighted by Crippen LogP contribution is -2.22. The lowest BCUT2D eigenvalue weighted by atomic mass is 10.1. The summed E-state index contributed by atoms with van der Waals surface area (Å²) in [6.07, 6.45) is 0. The Morgan fingerprint density at radius 3 is 2.35 bits per heavy atom. The molecule has 3 heteroatoms. The van der Waals surface area contributed by atoms with Crippen LogP contribution in [0.15, 0.2) is 12.1 Å². The molecule has 0 saturated carbocycles. The van der Waals surface area contributed by atoms with E-state index in [0.29, 0.717) is 5.75 Å². The summed E-state index contributed by atoms with van der Waals surface area (Å²) in [7, 11) is 2.08. The molecule has 0 amide bonds. The van der Waals surface area contributed by atoms with E-state index in [1.54, 1.807) is 0 Å². The standard InChI is InChI=1S/C14H23NO2/c1-5-17-7-6-15(4)10-13-8-11(2)14(16)12(3)9-13/h8-9,16H,5-7,10H2,1-4H3. The molecule has 0 bridgehead atoms. The first-order valence-electron chi connectivity index (χ1n) is 6.10. The minimum Gasteiger partial charge on any atom is -0.507 e. The van der Waals surface area contributed by atoms with E-state index >= 15 is 0 Å². The van der Waals surface area contributed by atoms with Gasteiger partial charge in [0, 0.05) is 19.7 Å². The lowest BCUT2D eigenvalue weighted by molar-refractivity contribution is 0.120. The van der Waals surface area contributed by atoms with Crippen molar-refractivity contribution in [1.29, 1.82) is 0 Å². The van der Waals surface area contributed by atoms with Crippen molar-refractivity contribution in [2.75, 3.05) is 26.8 Å². The molecule has 0 heterocycles. The first kappa shape index (κ1) is 14.0. The predicted octanol–water partition coefficient (Wildman–Crippen LogP) is 2.48. The molecule has 1 aromatic rings. The fourth-order valence-electron chi connectivity index (χ4n) is 1.89. The highest BCUT2D eigenvalue weighted by molar-refractivity contribution is 5.42. The van der Waals surface area contributed by atoms with Crippen molar-refractivity contribution in [3.63, 3.8) is 0 Å². The quantitative estimate of drug-likeness (QED) is 0.772. The van der Waals surface area contributed by atoms with Crippen molar-refractivity contribution >= 4 is 0 Å². The molecule has 17 heavy (non-hydrogen) atoms. The predicted molar refractivity (Wildman–Crippen MR) is 70.4 cm³/mol.